The van der Waals surface area contributed by atoms with Crippen LogP contribution >= 0.6 is 0 Å². The molecule has 1 atom stereocenters. The summed E-state index contributed by atoms with van der Waals surface area (Å²) in [4.78, 5) is 22.2. The highest BCUT2D eigenvalue weighted by molar-refractivity contribution is 5.98. The number of aliphatic carboxylic acids is 1. The van der Waals surface area contributed by atoms with Crippen molar-refractivity contribution in [3.63, 3.8) is 0 Å². The molecule has 0 aromatic heterocycles. The lowest BCUT2D eigenvalue weighted by Crippen LogP contribution is -2.38. The van der Waals surface area contributed by atoms with Crippen molar-refractivity contribution in [1.29, 1.82) is 0 Å². The average Bonchev–Trinajstić information content (AvgIpc) is 2.28. The van der Waals surface area contributed by atoms with Gasteiger partial charge in [0.2, 0.25) is 0 Å². The summed E-state index contributed by atoms with van der Waals surface area (Å²) < 4.78 is 28.4. The van der Waals surface area contributed by atoms with Crippen LogP contribution in [-0.4, -0.2) is 29.6 Å². The first kappa shape index (κ1) is 13.9. The summed E-state index contributed by atoms with van der Waals surface area (Å²) in [7, 11) is 0. The van der Waals surface area contributed by atoms with Gasteiger partial charge in [0, 0.05) is 0 Å². The third-order valence-electron chi connectivity index (χ3n) is 2.07. The molecule has 18 heavy (non-hydrogen) atoms. The Morgan fingerprint density at radius 2 is 1.94 bits per heavy atom. The lowest BCUT2D eigenvalue weighted by molar-refractivity contribution is -0.138. The molecule has 5 nitrogen and oxygen atoms in total. The van der Waals surface area contributed by atoms with Crippen LogP contribution in [0.3, 0.4) is 0 Å². The van der Waals surface area contributed by atoms with Gasteiger partial charge < -0.3 is 15.2 Å². The molecule has 0 saturated heterocycles. The number of ether oxygens (including phenoxy) is 1. The van der Waals surface area contributed by atoms with Crippen molar-refractivity contribution in [1.82, 2.24) is 5.32 Å². The number of nitrogens with one attached hydrogen (secondary N) is 1. The molecular formula is C11H11F2NO4. The van der Waals surface area contributed by atoms with Crippen molar-refractivity contribution in [2.75, 3.05) is 0 Å². The Morgan fingerprint density at radius 3 is 2.50 bits per heavy atom. The fraction of sp³-hybridized carbons (Fsp3) is 0.273. The Labute approximate surface area is 101 Å². The number of carboxylic acids is 1. The molecule has 1 rings (SSSR count). The van der Waals surface area contributed by atoms with Crippen molar-refractivity contribution in [2.24, 2.45) is 0 Å². The van der Waals surface area contributed by atoms with Crippen molar-refractivity contribution in [2.45, 2.75) is 19.6 Å². The van der Waals surface area contributed by atoms with Gasteiger partial charge in [0.15, 0.2) is 0 Å². The number of carboxylic acid groups (broad SMARTS) is 1. The van der Waals surface area contributed by atoms with Crippen LogP contribution in [0.2, 0.25) is 0 Å². The Morgan fingerprint density at radius 1 is 1.33 bits per heavy atom. The van der Waals surface area contributed by atoms with Crippen LogP contribution in [0.25, 0.3) is 0 Å². The number of hydrogen-bond acceptors (Lipinski definition) is 3. The molecule has 0 heterocycles. The van der Waals surface area contributed by atoms with Gasteiger partial charge in [-0.05, 0) is 19.1 Å². The number of carbonyl (C=O) groups excluding carboxylic acids is 1. The van der Waals surface area contributed by atoms with Crippen molar-refractivity contribution < 1.29 is 28.2 Å². The molecule has 1 amide bonds. The predicted octanol–water partition coefficient (Wildman–Crippen LogP) is 1.49. The van der Waals surface area contributed by atoms with Crippen LogP contribution in [0.1, 0.15) is 17.3 Å². The van der Waals surface area contributed by atoms with Crippen molar-refractivity contribution in [3.8, 4) is 5.75 Å². The van der Waals surface area contributed by atoms with Crippen molar-refractivity contribution in [3.05, 3.63) is 29.8 Å². The topological polar surface area (TPSA) is 75.6 Å². The van der Waals surface area contributed by atoms with Gasteiger partial charge in [-0.25, -0.2) is 0 Å². The molecule has 0 fully saturated rings. The fourth-order valence-corrected chi connectivity index (χ4v) is 1.19. The third kappa shape index (κ3) is 3.69. The van der Waals surface area contributed by atoms with E-state index in [0.29, 0.717) is 0 Å². The van der Waals surface area contributed by atoms with Crippen LogP contribution in [-0.2, 0) is 4.79 Å². The number of halogens is 2. The normalized spacial score (nSPS) is 12.0. The van der Waals surface area contributed by atoms with E-state index in [-0.39, 0.29) is 11.3 Å². The molecule has 0 spiro atoms. The Balaban J connectivity index is 2.88. The molecule has 0 radical (unpaired) electrons. The zero-order valence-electron chi connectivity index (χ0n) is 9.39. The van der Waals surface area contributed by atoms with E-state index < -0.39 is 24.5 Å². The van der Waals surface area contributed by atoms with E-state index in [2.05, 4.69) is 10.1 Å². The number of alkyl halides is 2. The number of rotatable bonds is 5. The van der Waals surface area contributed by atoms with Crippen molar-refractivity contribution >= 4 is 11.9 Å². The molecule has 0 unspecified atom stereocenters. The Bertz CT molecular complexity index is 450. The van der Waals surface area contributed by atoms with E-state index in [0.717, 1.165) is 0 Å². The molecule has 0 saturated carbocycles. The number of benzene rings is 1. The summed E-state index contributed by atoms with van der Waals surface area (Å²) >= 11 is 0. The molecule has 2 N–H and O–H groups in total. The summed E-state index contributed by atoms with van der Waals surface area (Å²) in [5.41, 5.74) is -0.147. The van der Waals surface area contributed by atoms with Crippen LogP contribution in [0.4, 0.5) is 8.78 Å². The fourth-order valence-electron chi connectivity index (χ4n) is 1.19. The SMILES string of the molecule is C[C@@H](NC(=O)c1ccccc1OC(F)F)C(=O)O. The van der Waals surface area contributed by atoms with E-state index in [4.69, 9.17) is 5.11 Å². The maximum Gasteiger partial charge on any atom is 0.387 e. The maximum atomic E-state index is 12.1. The van der Waals surface area contributed by atoms with E-state index >= 15 is 0 Å². The average molecular weight is 259 g/mol. The van der Waals surface area contributed by atoms with Gasteiger partial charge in [0.1, 0.15) is 11.8 Å². The molecule has 0 aliphatic heterocycles. The first-order valence-corrected chi connectivity index (χ1v) is 4.99. The summed E-state index contributed by atoms with van der Waals surface area (Å²) in [6.45, 7) is -1.80. The van der Waals surface area contributed by atoms with Gasteiger partial charge in [-0.1, -0.05) is 12.1 Å². The van der Waals surface area contributed by atoms with E-state index in [1.807, 2.05) is 0 Å². The second-order valence-electron chi connectivity index (χ2n) is 3.41. The smallest absolute Gasteiger partial charge is 0.387 e. The second kappa shape index (κ2) is 5.95. The monoisotopic (exact) mass is 259 g/mol. The molecule has 1 aromatic carbocycles. The Hall–Kier alpha value is -2.18. The minimum absolute atomic E-state index is 0.147. The lowest BCUT2D eigenvalue weighted by atomic mass is 10.1. The molecule has 0 bridgehead atoms. The van der Waals surface area contributed by atoms with Crippen LogP contribution < -0.4 is 10.1 Å². The van der Waals surface area contributed by atoms with Crippen LogP contribution in [0, 0.1) is 0 Å². The largest absolute Gasteiger partial charge is 0.480 e. The highest BCUT2D eigenvalue weighted by Gasteiger charge is 2.19. The molecule has 0 aliphatic rings. The molecule has 98 valence electrons. The molecule has 7 heteroatoms. The zero-order chi connectivity index (χ0) is 13.7. The summed E-state index contributed by atoms with van der Waals surface area (Å²) in [6.07, 6.45) is 0. The van der Waals surface area contributed by atoms with E-state index in [1.165, 1.54) is 31.2 Å². The highest BCUT2D eigenvalue weighted by Crippen LogP contribution is 2.20. The van der Waals surface area contributed by atoms with Gasteiger partial charge in [0.25, 0.3) is 5.91 Å². The minimum Gasteiger partial charge on any atom is -0.480 e. The van der Waals surface area contributed by atoms with E-state index in [1.54, 1.807) is 0 Å². The molecule has 1 aromatic rings. The summed E-state index contributed by atoms with van der Waals surface area (Å²) in [5.74, 6) is -2.32. The van der Waals surface area contributed by atoms with Gasteiger partial charge >= 0.3 is 12.6 Å². The van der Waals surface area contributed by atoms with E-state index in [9.17, 15) is 18.4 Å². The zero-order valence-corrected chi connectivity index (χ0v) is 9.39. The second-order valence-corrected chi connectivity index (χ2v) is 3.41. The lowest BCUT2D eigenvalue weighted by Gasteiger charge is -2.12. The van der Waals surface area contributed by atoms with Gasteiger partial charge in [0.05, 0.1) is 5.56 Å². The highest BCUT2D eigenvalue weighted by atomic mass is 19.3. The quantitative estimate of drug-likeness (QED) is 0.840. The van der Waals surface area contributed by atoms with Crippen LogP contribution in [0.15, 0.2) is 24.3 Å². The van der Waals surface area contributed by atoms with Gasteiger partial charge in [-0.2, -0.15) is 8.78 Å². The molecular weight excluding hydrogens is 248 g/mol. The summed E-state index contributed by atoms with van der Waals surface area (Å²) in [6, 6.07) is 4.22. The number of amides is 1. The minimum atomic E-state index is -3.06. The van der Waals surface area contributed by atoms with Gasteiger partial charge in [-0.15, -0.1) is 0 Å². The van der Waals surface area contributed by atoms with Crippen LogP contribution in [0.5, 0.6) is 5.75 Å². The number of hydrogen-bond donors (Lipinski definition) is 2. The first-order chi connectivity index (χ1) is 8.41. The molecule has 0 aliphatic carbocycles. The van der Waals surface area contributed by atoms with Gasteiger partial charge in [-0.3, -0.25) is 9.59 Å². The maximum absolute atomic E-state index is 12.1. The Kier molecular flexibility index (Phi) is 4.59. The first-order valence-electron chi connectivity index (χ1n) is 4.99. The summed E-state index contributed by atoms with van der Waals surface area (Å²) in [5, 5.41) is 10.8. The number of carbonyl (C=O) groups is 2. The number of para-hydroxylation sites is 1. The standard InChI is InChI=1S/C11H11F2NO4/c1-6(10(16)17)14-9(15)7-4-2-3-5-8(7)18-11(12)13/h2-6,11H,1H3,(H,14,15)(H,16,17)/t6-/m1/s1. The predicted molar refractivity (Wildman–Crippen MR) is 57.6 cm³/mol. The third-order valence-corrected chi connectivity index (χ3v) is 2.07.